The Morgan fingerprint density at radius 1 is 1.33 bits per heavy atom. The van der Waals surface area contributed by atoms with Crippen molar-refractivity contribution in [2.45, 2.75) is 26.2 Å². The zero-order valence-corrected chi connectivity index (χ0v) is 10.8. The summed E-state index contributed by atoms with van der Waals surface area (Å²) in [6.45, 7) is 4.51. The number of aliphatic carboxylic acids is 1. The maximum Gasteiger partial charge on any atom is 0.320 e. The van der Waals surface area contributed by atoms with Crippen molar-refractivity contribution in [3.63, 3.8) is 0 Å². The lowest BCUT2D eigenvalue weighted by Crippen LogP contribution is -2.49. The molecular weight excluding hydrogens is 232 g/mol. The van der Waals surface area contributed by atoms with Crippen molar-refractivity contribution in [1.29, 1.82) is 0 Å². The number of hydrogen-bond donors (Lipinski definition) is 1. The Morgan fingerprint density at radius 2 is 2.11 bits per heavy atom. The van der Waals surface area contributed by atoms with Gasteiger partial charge in [-0.2, -0.15) is 0 Å². The van der Waals surface area contributed by atoms with Crippen LogP contribution >= 0.6 is 0 Å². The van der Waals surface area contributed by atoms with E-state index in [4.69, 9.17) is 5.11 Å². The van der Waals surface area contributed by atoms with Crippen molar-refractivity contribution in [1.82, 2.24) is 9.80 Å². The second-order valence-corrected chi connectivity index (χ2v) is 5.15. The van der Waals surface area contributed by atoms with Crippen LogP contribution < -0.4 is 0 Å². The molecule has 18 heavy (non-hydrogen) atoms. The average molecular weight is 252 g/mol. The molecule has 0 bridgehead atoms. The van der Waals surface area contributed by atoms with Crippen LogP contribution in [0.15, 0.2) is 11.6 Å². The number of urea groups is 1. The Labute approximate surface area is 107 Å². The lowest BCUT2D eigenvalue weighted by atomic mass is 9.98. The number of carbonyl (C=O) groups excluding carboxylic acids is 1. The van der Waals surface area contributed by atoms with Gasteiger partial charge < -0.3 is 14.9 Å². The highest BCUT2D eigenvalue weighted by Crippen LogP contribution is 2.19. The summed E-state index contributed by atoms with van der Waals surface area (Å²) in [5.41, 5.74) is 1.32. The van der Waals surface area contributed by atoms with Crippen molar-refractivity contribution in [2.75, 3.05) is 26.2 Å². The molecule has 2 amide bonds. The summed E-state index contributed by atoms with van der Waals surface area (Å²) in [6.07, 6.45) is 4.45. The molecule has 0 saturated carbocycles. The average Bonchev–Trinajstić information content (AvgIpc) is 2.39. The zero-order chi connectivity index (χ0) is 13.1. The molecule has 2 heterocycles. The van der Waals surface area contributed by atoms with Crippen molar-refractivity contribution in [3.05, 3.63) is 11.6 Å². The minimum absolute atomic E-state index is 0.00954. The highest BCUT2D eigenvalue weighted by atomic mass is 16.4. The summed E-state index contributed by atoms with van der Waals surface area (Å²) in [6, 6.07) is -0.00954. The predicted molar refractivity (Wildman–Crippen MR) is 67.3 cm³/mol. The molecule has 0 aromatic carbocycles. The van der Waals surface area contributed by atoms with Crippen LogP contribution in [0.5, 0.6) is 0 Å². The number of nitrogens with zero attached hydrogens (tertiary/aromatic N) is 2. The number of carboxylic acids is 1. The summed E-state index contributed by atoms with van der Waals surface area (Å²) in [7, 11) is 0. The van der Waals surface area contributed by atoms with Crippen LogP contribution in [0.3, 0.4) is 0 Å². The minimum Gasteiger partial charge on any atom is -0.481 e. The molecule has 5 heteroatoms. The number of likely N-dealkylation sites (tertiary alicyclic amines) is 1. The second-order valence-electron chi connectivity index (χ2n) is 5.15. The van der Waals surface area contributed by atoms with E-state index in [0.29, 0.717) is 26.1 Å². The van der Waals surface area contributed by atoms with Crippen molar-refractivity contribution < 1.29 is 14.7 Å². The molecule has 0 aliphatic carbocycles. The van der Waals surface area contributed by atoms with Crippen LogP contribution in [0.25, 0.3) is 0 Å². The van der Waals surface area contributed by atoms with Gasteiger partial charge in [-0.15, -0.1) is 0 Å². The largest absolute Gasteiger partial charge is 0.481 e. The summed E-state index contributed by atoms with van der Waals surface area (Å²) < 4.78 is 0. The van der Waals surface area contributed by atoms with Gasteiger partial charge in [-0.3, -0.25) is 4.79 Å². The maximum atomic E-state index is 12.3. The van der Waals surface area contributed by atoms with Gasteiger partial charge in [0, 0.05) is 26.2 Å². The van der Waals surface area contributed by atoms with Crippen LogP contribution in [0, 0.1) is 5.92 Å². The van der Waals surface area contributed by atoms with E-state index in [1.54, 1.807) is 9.80 Å². The van der Waals surface area contributed by atoms with Gasteiger partial charge in [-0.1, -0.05) is 11.6 Å². The first-order valence-electron chi connectivity index (χ1n) is 6.50. The zero-order valence-electron chi connectivity index (χ0n) is 10.8. The monoisotopic (exact) mass is 252 g/mol. The molecule has 1 atom stereocenters. The van der Waals surface area contributed by atoms with Gasteiger partial charge in [-0.05, 0) is 26.2 Å². The molecular formula is C13H20N2O3. The molecule has 2 aliphatic heterocycles. The quantitative estimate of drug-likeness (QED) is 0.720. The van der Waals surface area contributed by atoms with Crippen LogP contribution in [-0.4, -0.2) is 53.1 Å². The Morgan fingerprint density at radius 3 is 2.72 bits per heavy atom. The smallest absolute Gasteiger partial charge is 0.320 e. The van der Waals surface area contributed by atoms with Crippen LogP contribution in [0.2, 0.25) is 0 Å². The van der Waals surface area contributed by atoms with Crippen molar-refractivity contribution >= 4 is 12.0 Å². The fourth-order valence-corrected chi connectivity index (χ4v) is 2.50. The first kappa shape index (κ1) is 12.9. The number of rotatable bonds is 1. The summed E-state index contributed by atoms with van der Waals surface area (Å²) in [4.78, 5) is 26.7. The third kappa shape index (κ3) is 2.83. The van der Waals surface area contributed by atoms with Gasteiger partial charge in [0.25, 0.3) is 0 Å². The highest BCUT2D eigenvalue weighted by molar-refractivity contribution is 5.77. The van der Waals surface area contributed by atoms with E-state index >= 15 is 0 Å². The first-order chi connectivity index (χ1) is 8.58. The molecule has 0 spiro atoms. The van der Waals surface area contributed by atoms with Gasteiger partial charge in [0.05, 0.1) is 5.92 Å². The van der Waals surface area contributed by atoms with Crippen LogP contribution in [-0.2, 0) is 4.79 Å². The highest BCUT2D eigenvalue weighted by Gasteiger charge is 2.30. The third-order valence-corrected chi connectivity index (χ3v) is 3.75. The van der Waals surface area contributed by atoms with Gasteiger partial charge in [0.2, 0.25) is 0 Å². The van der Waals surface area contributed by atoms with E-state index in [-0.39, 0.29) is 6.03 Å². The van der Waals surface area contributed by atoms with E-state index < -0.39 is 11.9 Å². The van der Waals surface area contributed by atoms with E-state index in [1.165, 1.54) is 5.57 Å². The molecule has 1 N–H and O–H groups in total. The van der Waals surface area contributed by atoms with Gasteiger partial charge in [0.1, 0.15) is 0 Å². The van der Waals surface area contributed by atoms with Crippen LogP contribution in [0.4, 0.5) is 4.79 Å². The Bertz CT molecular complexity index is 378. The molecule has 2 rings (SSSR count). The van der Waals surface area contributed by atoms with Gasteiger partial charge in [-0.25, -0.2) is 4.79 Å². The molecule has 5 nitrogen and oxygen atoms in total. The number of hydrogen-bond acceptors (Lipinski definition) is 2. The fraction of sp³-hybridized carbons (Fsp3) is 0.692. The number of piperidine rings is 1. The molecule has 0 radical (unpaired) electrons. The topological polar surface area (TPSA) is 60.9 Å². The standard InChI is InChI=1S/C13H20N2O3/c1-10-4-7-14(8-5-10)13(18)15-6-2-3-11(9-15)12(16)17/h4,11H,2-3,5-9H2,1H3,(H,16,17)/t11-/m1/s1. The molecule has 0 aromatic rings. The van der Waals surface area contributed by atoms with Crippen molar-refractivity contribution in [2.24, 2.45) is 5.92 Å². The Balaban J connectivity index is 1.94. The molecule has 100 valence electrons. The lowest BCUT2D eigenvalue weighted by Gasteiger charge is -2.36. The third-order valence-electron chi connectivity index (χ3n) is 3.75. The minimum atomic E-state index is -0.790. The summed E-state index contributed by atoms with van der Waals surface area (Å²) >= 11 is 0. The summed E-state index contributed by atoms with van der Waals surface area (Å²) in [5.74, 6) is -1.19. The number of carbonyl (C=O) groups is 2. The van der Waals surface area contributed by atoms with Crippen molar-refractivity contribution in [3.8, 4) is 0 Å². The predicted octanol–water partition coefficient (Wildman–Crippen LogP) is 1.56. The maximum absolute atomic E-state index is 12.3. The molecule has 0 aromatic heterocycles. The Hall–Kier alpha value is -1.52. The van der Waals surface area contributed by atoms with E-state index in [1.807, 2.05) is 0 Å². The number of amides is 2. The first-order valence-corrected chi connectivity index (χ1v) is 6.50. The van der Waals surface area contributed by atoms with Gasteiger partial charge in [0.15, 0.2) is 0 Å². The van der Waals surface area contributed by atoms with E-state index in [0.717, 1.165) is 19.4 Å². The van der Waals surface area contributed by atoms with E-state index in [2.05, 4.69) is 13.0 Å². The fourth-order valence-electron chi connectivity index (χ4n) is 2.50. The summed E-state index contributed by atoms with van der Waals surface area (Å²) in [5, 5.41) is 9.02. The number of carboxylic acid groups (broad SMARTS) is 1. The molecule has 0 unspecified atom stereocenters. The lowest BCUT2D eigenvalue weighted by molar-refractivity contribution is -0.143. The Kier molecular flexibility index (Phi) is 3.89. The van der Waals surface area contributed by atoms with Crippen LogP contribution in [0.1, 0.15) is 26.2 Å². The SMILES string of the molecule is CC1=CCN(C(=O)N2CCC[C@@H](C(=O)O)C2)CC1. The molecule has 2 aliphatic rings. The molecule has 1 fully saturated rings. The van der Waals surface area contributed by atoms with Gasteiger partial charge >= 0.3 is 12.0 Å². The normalized spacial score (nSPS) is 24.7. The van der Waals surface area contributed by atoms with E-state index in [9.17, 15) is 9.59 Å². The molecule has 1 saturated heterocycles. The second kappa shape index (κ2) is 5.42.